The lowest BCUT2D eigenvalue weighted by Gasteiger charge is -2.27. The number of ether oxygens (including phenoxy) is 3. The number of carbonyl (C=O) groups is 2. The Balaban J connectivity index is 2.77. The first-order valence-electron chi connectivity index (χ1n) is 5.88. The van der Waals surface area contributed by atoms with E-state index in [2.05, 4.69) is 0 Å². The Morgan fingerprint density at radius 1 is 1.22 bits per heavy atom. The average Bonchev–Trinajstić information content (AvgIpc) is 2.69. The number of hydrogen-bond donors (Lipinski definition) is 0. The summed E-state index contributed by atoms with van der Waals surface area (Å²) in [5.41, 5.74) is -0.594. The van der Waals surface area contributed by atoms with Crippen LogP contribution in [0.5, 0.6) is 0 Å². The van der Waals surface area contributed by atoms with Crippen LogP contribution in [0, 0.1) is 0 Å². The third-order valence-electron chi connectivity index (χ3n) is 2.70. The first-order valence-corrected chi connectivity index (χ1v) is 5.88. The molecule has 0 aromatic heterocycles. The SMILES string of the molecule is COC(=O)C1C[C@@H](OC)CN1C(=O)OC(C)(C)C. The summed E-state index contributed by atoms with van der Waals surface area (Å²) in [5.74, 6) is -0.444. The first-order chi connectivity index (χ1) is 8.28. The van der Waals surface area contributed by atoms with Gasteiger partial charge in [-0.25, -0.2) is 9.59 Å². The molecule has 0 N–H and O–H groups in total. The predicted octanol–water partition coefficient (Wildman–Crippen LogP) is 1.18. The Bertz CT molecular complexity index is 323. The van der Waals surface area contributed by atoms with Gasteiger partial charge in [0.15, 0.2) is 0 Å². The summed E-state index contributed by atoms with van der Waals surface area (Å²) in [7, 11) is 2.85. The molecule has 0 aromatic rings. The standard InChI is InChI=1S/C12H21NO5/c1-12(2,3)18-11(15)13-7-8(16-4)6-9(13)10(14)17-5/h8-9H,6-7H2,1-5H3/t8-,9?/m1/s1. The molecule has 1 unspecified atom stereocenters. The van der Waals surface area contributed by atoms with Crippen LogP contribution >= 0.6 is 0 Å². The van der Waals surface area contributed by atoms with Crippen molar-refractivity contribution in [1.82, 2.24) is 4.90 Å². The van der Waals surface area contributed by atoms with E-state index in [1.165, 1.54) is 12.0 Å². The maximum atomic E-state index is 12.0. The molecule has 18 heavy (non-hydrogen) atoms. The van der Waals surface area contributed by atoms with Crippen LogP contribution in [-0.4, -0.2) is 55.5 Å². The van der Waals surface area contributed by atoms with Gasteiger partial charge < -0.3 is 14.2 Å². The van der Waals surface area contributed by atoms with E-state index in [-0.39, 0.29) is 6.10 Å². The molecule has 1 aliphatic heterocycles. The van der Waals surface area contributed by atoms with Gasteiger partial charge in [0.25, 0.3) is 0 Å². The summed E-state index contributed by atoms with van der Waals surface area (Å²) in [6, 6.07) is -0.630. The van der Waals surface area contributed by atoms with Crippen molar-refractivity contribution >= 4 is 12.1 Å². The van der Waals surface area contributed by atoms with Crippen LogP contribution in [0.2, 0.25) is 0 Å². The highest BCUT2D eigenvalue weighted by molar-refractivity contribution is 5.82. The summed E-state index contributed by atoms with van der Waals surface area (Å²) < 4.78 is 15.1. The minimum absolute atomic E-state index is 0.165. The number of amides is 1. The zero-order chi connectivity index (χ0) is 13.9. The van der Waals surface area contributed by atoms with Crippen LogP contribution in [0.4, 0.5) is 4.79 Å². The second-order valence-electron chi connectivity index (χ2n) is 5.27. The van der Waals surface area contributed by atoms with Gasteiger partial charge >= 0.3 is 12.1 Å². The summed E-state index contributed by atoms with van der Waals surface area (Å²) in [6.45, 7) is 5.68. The summed E-state index contributed by atoms with van der Waals surface area (Å²) in [6.07, 6.45) is -0.248. The lowest BCUT2D eigenvalue weighted by atomic mass is 10.2. The van der Waals surface area contributed by atoms with Crippen molar-refractivity contribution in [2.24, 2.45) is 0 Å². The van der Waals surface area contributed by atoms with Crippen molar-refractivity contribution in [1.29, 1.82) is 0 Å². The molecule has 1 fully saturated rings. The molecule has 6 heteroatoms. The Morgan fingerprint density at radius 3 is 2.28 bits per heavy atom. The Labute approximate surface area is 107 Å². The highest BCUT2D eigenvalue weighted by Gasteiger charge is 2.42. The Hall–Kier alpha value is -1.30. The highest BCUT2D eigenvalue weighted by Crippen LogP contribution is 2.23. The number of likely N-dealkylation sites (tertiary alicyclic amines) is 1. The zero-order valence-corrected chi connectivity index (χ0v) is 11.6. The van der Waals surface area contributed by atoms with E-state index in [0.717, 1.165) is 0 Å². The van der Waals surface area contributed by atoms with Gasteiger partial charge in [-0.15, -0.1) is 0 Å². The second kappa shape index (κ2) is 5.56. The number of rotatable bonds is 2. The fraction of sp³-hybridized carbons (Fsp3) is 0.833. The molecule has 0 spiro atoms. The smallest absolute Gasteiger partial charge is 0.411 e. The number of nitrogens with zero attached hydrogens (tertiary/aromatic N) is 1. The van der Waals surface area contributed by atoms with E-state index < -0.39 is 23.7 Å². The summed E-state index contributed by atoms with van der Waals surface area (Å²) in [4.78, 5) is 25.0. The van der Waals surface area contributed by atoms with Crippen LogP contribution < -0.4 is 0 Å². The fourth-order valence-electron chi connectivity index (χ4n) is 1.85. The quantitative estimate of drug-likeness (QED) is 0.697. The van der Waals surface area contributed by atoms with Crippen molar-refractivity contribution in [3.05, 3.63) is 0 Å². The van der Waals surface area contributed by atoms with E-state index in [1.54, 1.807) is 27.9 Å². The molecular formula is C12H21NO5. The van der Waals surface area contributed by atoms with Gasteiger partial charge in [-0.3, -0.25) is 4.90 Å². The van der Waals surface area contributed by atoms with Crippen molar-refractivity contribution < 1.29 is 23.8 Å². The minimum Gasteiger partial charge on any atom is -0.467 e. The molecule has 0 aromatic carbocycles. The second-order valence-corrected chi connectivity index (χ2v) is 5.27. The monoisotopic (exact) mass is 259 g/mol. The van der Waals surface area contributed by atoms with E-state index in [9.17, 15) is 9.59 Å². The van der Waals surface area contributed by atoms with Crippen LogP contribution in [0.1, 0.15) is 27.2 Å². The molecule has 104 valence electrons. The van der Waals surface area contributed by atoms with E-state index >= 15 is 0 Å². The molecule has 1 saturated heterocycles. The van der Waals surface area contributed by atoms with Gasteiger partial charge in [-0.1, -0.05) is 0 Å². The number of hydrogen-bond acceptors (Lipinski definition) is 5. The maximum absolute atomic E-state index is 12.0. The van der Waals surface area contributed by atoms with Gasteiger partial charge in [0.2, 0.25) is 0 Å². The molecule has 1 heterocycles. The molecule has 0 aliphatic carbocycles. The Kier molecular flexibility index (Phi) is 4.56. The third kappa shape index (κ3) is 3.60. The van der Waals surface area contributed by atoms with Gasteiger partial charge in [0.05, 0.1) is 19.8 Å². The van der Waals surface area contributed by atoms with Crippen molar-refractivity contribution in [3.63, 3.8) is 0 Å². The number of carbonyl (C=O) groups excluding carboxylic acids is 2. The summed E-state index contributed by atoms with van der Waals surface area (Å²) in [5, 5.41) is 0. The minimum atomic E-state index is -0.630. The largest absolute Gasteiger partial charge is 0.467 e. The molecule has 0 radical (unpaired) electrons. The molecule has 0 bridgehead atoms. The Morgan fingerprint density at radius 2 is 1.83 bits per heavy atom. The van der Waals surface area contributed by atoms with E-state index in [1.807, 2.05) is 0 Å². The van der Waals surface area contributed by atoms with Gasteiger partial charge in [-0.2, -0.15) is 0 Å². The van der Waals surface area contributed by atoms with Crippen LogP contribution in [0.3, 0.4) is 0 Å². The van der Waals surface area contributed by atoms with Crippen LogP contribution in [0.15, 0.2) is 0 Å². The number of methoxy groups -OCH3 is 2. The van der Waals surface area contributed by atoms with Gasteiger partial charge in [-0.05, 0) is 20.8 Å². The average molecular weight is 259 g/mol. The lowest BCUT2D eigenvalue weighted by molar-refractivity contribution is -0.145. The molecule has 6 nitrogen and oxygen atoms in total. The number of esters is 1. The third-order valence-corrected chi connectivity index (χ3v) is 2.70. The van der Waals surface area contributed by atoms with Crippen LogP contribution in [0.25, 0.3) is 0 Å². The molecule has 1 aliphatic rings. The van der Waals surface area contributed by atoms with Crippen molar-refractivity contribution in [2.45, 2.75) is 44.9 Å². The topological polar surface area (TPSA) is 65.1 Å². The van der Waals surface area contributed by atoms with E-state index in [4.69, 9.17) is 14.2 Å². The molecule has 2 atom stereocenters. The maximum Gasteiger partial charge on any atom is 0.411 e. The molecule has 0 saturated carbocycles. The molecule has 1 rings (SSSR count). The van der Waals surface area contributed by atoms with Gasteiger partial charge in [0.1, 0.15) is 11.6 Å². The lowest BCUT2D eigenvalue weighted by Crippen LogP contribution is -2.44. The van der Waals surface area contributed by atoms with Crippen molar-refractivity contribution in [3.8, 4) is 0 Å². The normalized spacial score (nSPS) is 23.9. The highest BCUT2D eigenvalue weighted by atomic mass is 16.6. The fourth-order valence-corrected chi connectivity index (χ4v) is 1.85. The van der Waals surface area contributed by atoms with Crippen LogP contribution in [-0.2, 0) is 19.0 Å². The van der Waals surface area contributed by atoms with Crippen molar-refractivity contribution in [2.75, 3.05) is 20.8 Å². The molecular weight excluding hydrogens is 238 g/mol. The zero-order valence-electron chi connectivity index (χ0n) is 11.6. The predicted molar refractivity (Wildman–Crippen MR) is 64.2 cm³/mol. The molecule has 1 amide bonds. The van der Waals surface area contributed by atoms with E-state index in [0.29, 0.717) is 13.0 Å². The van der Waals surface area contributed by atoms with Gasteiger partial charge in [0, 0.05) is 13.5 Å². The summed E-state index contributed by atoms with van der Waals surface area (Å²) >= 11 is 0. The first kappa shape index (κ1) is 14.8.